The summed E-state index contributed by atoms with van der Waals surface area (Å²) in [4.78, 5) is 10.9. The highest BCUT2D eigenvalue weighted by Gasteiger charge is 2.40. The fourth-order valence-corrected chi connectivity index (χ4v) is 2.70. The molecule has 1 aliphatic carbocycles. The van der Waals surface area contributed by atoms with Gasteiger partial charge >= 0.3 is 5.97 Å². The topological polar surface area (TPSA) is 49.3 Å². The summed E-state index contributed by atoms with van der Waals surface area (Å²) in [6.07, 6.45) is 3.42. The van der Waals surface area contributed by atoms with Crippen LogP contribution in [-0.2, 0) is 4.79 Å². The van der Waals surface area contributed by atoms with E-state index in [2.05, 4.69) is 5.32 Å². The van der Waals surface area contributed by atoms with Gasteiger partial charge in [-0.05, 0) is 37.8 Å². The van der Waals surface area contributed by atoms with E-state index in [4.69, 9.17) is 5.11 Å². The van der Waals surface area contributed by atoms with Gasteiger partial charge in [0.05, 0.1) is 5.92 Å². The molecule has 0 aromatic carbocycles. The van der Waals surface area contributed by atoms with Crippen molar-refractivity contribution in [1.82, 2.24) is 5.32 Å². The summed E-state index contributed by atoms with van der Waals surface area (Å²) in [5, 5.41) is 12.3. The highest BCUT2D eigenvalue weighted by molar-refractivity contribution is 5.71. The molecule has 12 heavy (non-hydrogen) atoms. The highest BCUT2D eigenvalue weighted by atomic mass is 16.4. The van der Waals surface area contributed by atoms with Gasteiger partial charge in [-0.1, -0.05) is 6.42 Å². The van der Waals surface area contributed by atoms with Gasteiger partial charge in [-0.2, -0.15) is 0 Å². The van der Waals surface area contributed by atoms with E-state index in [0.717, 1.165) is 25.9 Å². The minimum atomic E-state index is -0.578. The van der Waals surface area contributed by atoms with E-state index in [9.17, 15) is 4.79 Å². The van der Waals surface area contributed by atoms with E-state index in [0.29, 0.717) is 11.8 Å². The lowest BCUT2D eigenvalue weighted by Gasteiger charge is -2.40. The Morgan fingerprint density at radius 1 is 1.25 bits per heavy atom. The van der Waals surface area contributed by atoms with Gasteiger partial charge in [-0.25, -0.2) is 0 Å². The second-order valence-corrected chi connectivity index (χ2v) is 3.97. The number of nitrogens with one attached hydrogen (secondary N) is 1. The number of fused-ring (bicyclic) bond motifs is 2. The van der Waals surface area contributed by atoms with Gasteiger partial charge in [0, 0.05) is 0 Å². The Bertz CT molecular complexity index is 171. The number of carbonyl (C=O) groups is 1. The number of piperidine rings is 1. The average molecular weight is 169 g/mol. The van der Waals surface area contributed by atoms with Crippen LogP contribution in [0.4, 0.5) is 0 Å². The zero-order valence-corrected chi connectivity index (χ0v) is 7.12. The summed E-state index contributed by atoms with van der Waals surface area (Å²) in [5.41, 5.74) is 0. The molecule has 1 aliphatic heterocycles. The second kappa shape index (κ2) is 3.05. The van der Waals surface area contributed by atoms with E-state index < -0.39 is 5.97 Å². The molecule has 1 saturated carbocycles. The van der Waals surface area contributed by atoms with E-state index in [1.54, 1.807) is 0 Å². The minimum Gasteiger partial charge on any atom is -0.481 e. The van der Waals surface area contributed by atoms with Crippen molar-refractivity contribution in [3.05, 3.63) is 0 Å². The van der Waals surface area contributed by atoms with Crippen LogP contribution in [0.2, 0.25) is 0 Å². The van der Waals surface area contributed by atoms with Gasteiger partial charge in [0.1, 0.15) is 0 Å². The van der Waals surface area contributed by atoms with Crippen LogP contribution in [-0.4, -0.2) is 24.2 Å². The van der Waals surface area contributed by atoms with E-state index in [-0.39, 0.29) is 5.92 Å². The van der Waals surface area contributed by atoms with Crippen molar-refractivity contribution >= 4 is 5.97 Å². The number of hydrogen-bond donors (Lipinski definition) is 2. The third-order valence-corrected chi connectivity index (χ3v) is 3.26. The van der Waals surface area contributed by atoms with E-state index >= 15 is 0 Å². The monoisotopic (exact) mass is 169 g/mol. The molecule has 1 saturated heterocycles. The van der Waals surface area contributed by atoms with Crippen LogP contribution >= 0.6 is 0 Å². The largest absolute Gasteiger partial charge is 0.481 e. The van der Waals surface area contributed by atoms with Crippen molar-refractivity contribution in [3.8, 4) is 0 Å². The molecule has 0 unspecified atom stereocenters. The van der Waals surface area contributed by atoms with Crippen molar-refractivity contribution in [2.24, 2.45) is 17.8 Å². The van der Waals surface area contributed by atoms with Crippen molar-refractivity contribution in [3.63, 3.8) is 0 Å². The van der Waals surface area contributed by atoms with Gasteiger partial charge < -0.3 is 10.4 Å². The molecule has 0 radical (unpaired) electrons. The molecule has 2 rings (SSSR count). The summed E-state index contributed by atoms with van der Waals surface area (Å²) in [5.74, 6) is 0.163. The molecular formula is C9H15NO2. The Hall–Kier alpha value is -0.570. The molecule has 3 nitrogen and oxygen atoms in total. The maximum atomic E-state index is 10.9. The van der Waals surface area contributed by atoms with Gasteiger partial charge in [-0.15, -0.1) is 0 Å². The fourth-order valence-electron chi connectivity index (χ4n) is 2.70. The standard InChI is InChI=1S/C9H15NO2/c11-9(12)8-6-2-1-3-7(8)5-10-4-6/h6-8,10H,1-5H2,(H,11,12)/t6-,7-/m0/s1. The van der Waals surface area contributed by atoms with Crippen LogP contribution in [0.25, 0.3) is 0 Å². The molecule has 2 atom stereocenters. The second-order valence-electron chi connectivity index (χ2n) is 3.97. The zero-order valence-electron chi connectivity index (χ0n) is 7.12. The Balaban J connectivity index is 2.13. The first-order chi connectivity index (χ1) is 5.79. The molecule has 0 amide bonds. The van der Waals surface area contributed by atoms with Crippen LogP contribution in [0.15, 0.2) is 0 Å². The van der Waals surface area contributed by atoms with Crippen LogP contribution < -0.4 is 5.32 Å². The zero-order chi connectivity index (χ0) is 8.55. The third-order valence-electron chi connectivity index (χ3n) is 3.26. The Morgan fingerprint density at radius 2 is 1.83 bits per heavy atom. The van der Waals surface area contributed by atoms with Crippen molar-refractivity contribution < 1.29 is 9.90 Å². The van der Waals surface area contributed by atoms with Gasteiger partial charge in [-0.3, -0.25) is 4.79 Å². The molecule has 0 aromatic heterocycles. The molecule has 1 heterocycles. The molecule has 2 N–H and O–H groups in total. The van der Waals surface area contributed by atoms with Gasteiger partial charge in [0.15, 0.2) is 0 Å². The van der Waals surface area contributed by atoms with Crippen LogP contribution in [0, 0.1) is 17.8 Å². The summed E-state index contributed by atoms with van der Waals surface area (Å²) >= 11 is 0. The molecule has 0 spiro atoms. The Labute approximate surface area is 72.2 Å². The lowest BCUT2D eigenvalue weighted by molar-refractivity contribution is -0.148. The van der Waals surface area contributed by atoms with Crippen molar-refractivity contribution in [2.45, 2.75) is 19.3 Å². The number of rotatable bonds is 1. The van der Waals surface area contributed by atoms with Crippen molar-refractivity contribution in [2.75, 3.05) is 13.1 Å². The maximum absolute atomic E-state index is 10.9. The average Bonchev–Trinajstić information content (AvgIpc) is 2.02. The molecule has 0 aromatic rings. The molecule has 2 aliphatic rings. The molecule has 2 fully saturated rings. The Morgan fingerprint density at radius 3 is 2.25 bits per heavy atom. The highest BCUT2D eigenvalue weighted by Crippen LogP contribution is 2.36. The first kappa shape index (κ1) is 8.05. The summed E-state index contributed by atoms with van der Waals surface area (Å²) in [6, 6.07) is 0. The molecule has 68 valence electrons. The lowest BCUT2D eigenvalue weighted by Crippen LogP contribution is -2.49. The number of carboxylic acids is 1. The molecule has 2 bridgehead atoms. The van der Waals surface area contributed by atoms with Crippen LogP contribution in [0.5, 0.6) is 0 Å². The quantitative estimate of drug-likeness (QED) is 0.607. The van der Waals surface area contributed by atoms with Gasteiger partial charge in [0.2, 0.25) is 0 Å². The fraction of sp³-hybridized carbons (Fsp3) is 0.889. The first-order valence-electron chi connectivity index (χ1n) is 4.72. The summed E-state index contributed by atoms with van der Waals surface area (Å²) < 4.78 is 0. The number of hydrogen-bond acceptors (Lipinski definition) is 2. The molecular weight excluding hydrogens is 154 g/mol. The predicted octanol–water partition coefficient (Wildman–Crippen LogP) is 0.707. The van der Waals surface area contributed by atoms with E-state index in [1.165, 1.54) is 6.42 Å². The van der Waals surface area contributed by atoms with Gasteiger partial charge in [0.25, 0.3) is 0 Å². The summed E-state index contributed by atoms with van der Waals surface area (Å²) in [6.45, 7) is 1.82. The van der Waals surface area contributed by atoms with Crippen LogP contribution in [0.3, 0.4) is 0 Å². The third kappa shape index (κ3) is 1.22. The molecule has 3 heteroatoms. The smallest absolute Gasteiger partial charge is 0.307 e. The van der Waals surface area contributed by atoms with Crippen molar-refractivity contribution in [1.29, 1.82) is 0 Å². The minimum absolute atomic E-state index is 0.0556. The first-order valence-corrected chi connectivity index (χ1v) is 4.72. The maximum Gasteiger partial charge on any atom is 0.307 e. The summed E-state index contributed by atoms with van der Waals surface area (Å²) in [7, 11) is 0. The number of carboxylic acid groups (broad SMARTS) is 1. The lowest BCUT2D eigenvalue weighted by atomic mass is 9.70. The Kier molecular flexibility index (Phi) is 2.05. The normalized spacial score (nSPS) is 40.8. The van der Waals surface area contributed by atoms with E-state index in [1.807, 2.05) is 0 Å². The van der Waals surface area contributed by atoms with Crippen LogP contribution in [0.1, 0.15) is 19.3 Å². The number of aliphatic carboxylic acids is 1. The SMILES string of the molecule is O=C(O)C1[C@H]2CCC[C@H]1CNC2. The predicted molar refractivity (Wildman–Crippen MR) is 44.8 cm³/mol.